The molecule has 1 aliphatic heterocycles. The van der Waals surface area contributed by atoms with Crippen LogP contribution in [0.1, 0.15) is 22.5 Å². The Bertz CT molecular complexity index is 685. The summed E-state index contributed by atoms with van der Waals surface area (Å²) in [6.45, 7) is 1.18. The summed E-state index contributed by atoms with van der Waals surface area (Å²) in [5, 5.41) is 5.42. The predicted octanol–water partition coefficient (Wildman–Crippen LogP) is 3.89. The average Bonchev–Trinajstić information content (AvgIpc) is 3.11. The molecule has 0 bridgehead atoms. The fraction of sp³-hybridized carbons (Fsp3) is 0.294. The van der Waals surface area contributed by atoms with Crippen LogP contribution in [0.4, 0.5) is 5.69 Å². The van der Waals surface area contributed by atoms with Gasteiger partial charge in [-0.3, -0.25) is 9.59 Å². The van der Waals surface area contributed by atoms with Gasteiger partial charge in [-0.2, -0.15) is 0 Å². The monoisotopic (exact) mass is 348 g/mol. The number of carbonyl (C=O) groups excluding carboxylic acids is 2. The van der Waals surface area contributed by atoms with E-state index in [0.717, 1.165) is 23.4 Å². The molecule has 0 spiro atoms. The van der Waals surface area contributed by atoms with E-state index in [1.807, 2.05) is 17.5 Å². The molecule has 0 aliphatic carbocycles. The van der Waals surface area contributed by atoms with Crippen LogP contribution in [0.3, 0.4) is 0 Å². The zero-order chi connectivity index (χ0) is 16.2. The Hall–Kier alpha value is -1.85. The maximum atomic E-state index is 12.4. The van der Waals surface area contributed by atoms with Gasteiger partial charge in [0.25, 0.3) is 5.91 Å². The third-order valence-corrected chi connectivity index (χ3v) is 5.03. The van der Waals surface area contributed by atoms with Gasteiger partial charge in [-0.15, -0.1) is 11.3 Å². The van der Waals surface area contributed by atoms with Gasteiger partial charge in [0.2, 0.25) is 5.91 Å². The van der Waals surface area contributed by atoms with Gasteiger partial charge in [0, 0.05) is 23.8 Å². The molecule has 0 unspecified atom stereocenters. The van der Waals surface area contributed by atoms with Gasteiger partial charge in [-0.1, -0.05) is 17.7 Å². The van der Waals surface area contributed by atoms with Gasteiger partial charge in [0.05, 0.1) is 10.8 Å². The van der Waals surface area contributed by atoms with Gasteiger partial charge in [-0.05, 0) is 48.6 Å². The number of anilines is 1. The maximum absolute atomic E-state index is 12.4. The van der Waals surface area contributed by atoms with Crippen molar-refractivity contribution >= 4 is 40.4 Å². The Balaban J connectivity index is 1.62. The van der Waals surface area contributed by atoms with Crippen LogP contribution in [0.15, 0.2) is 41.8 Å². The zero-order valence-corrected chi connectivity index (χ0v) is 14.1. The molecule has 1 saturated heterocycles. The standard InChI is InChI=1S/C17H17ClN2O2S/c18-13-5-7-14(8-6-13)19-16(21)12-3-1-9-20(11-12)17(22)15-4-2-10-23-15/h2,4-8,10,12H,1,3,9,11H2,(H,19,21)/t12-/m1/s1. The third kappa shape index (κ3) is 3.92. The van der Waals surface area contributed by atoms with Gasteiger partial charge in [-0.25, -0.2) is 0 Å². The molecule has 23 heavy (non-hydrogen) atoms. The van der Waals surface area contributed by atoms with Gasteiger partial charge in [0.1, 0.15) is 0 Å². The van der Waals surface area contributed by atoms with Crippen molar-refractivity contribution in [3.63, 3.8) is 0 Å². The van der Waals surface area contributed by atoms with Crippen LogP contribution in [0.25, 0.3) is 0 Å². The van der Waals surface area contributed by atoms with E-state index < -0.39 is 0 Å². The first kappa shape index (κ1) is 16.0. The van der Waals surface area contributed by atoms with Crippen LogP contribution in [0, 0.1) is 5.92 Å². The Morgan fingerprint density at radius 2 is 2.00 bits per heavy atom. The first-order valence-corrected chi connectivity index (χ1v) is 8.78. The number of thiophene rings is 1. The summed E-state index contributed by atoms with van der Waals surface area (Å²) in [6.07, 6.45) is 1.64. The summed E-state index contributed by atoms with van der Waals surface area (Å²) < 4.78 is 0. The second-order valence-corrected chi connectivity index (χ2v) is 6.95. The lowest BCUT2D eigenvalue weighted by atomic mass is 9.97. The molecule has 1 aromatic carbocycles. The number of nitrogens with zero attached hydrogens (tertiary/aromatic N) is 1. The van der Waals surface area contributed by atoms with Crippen molar-refractivity contribution < 1.29 is 9.59 Å². The smallest absolute Gasteiger partial charge is 0.263 e. The maximum Gasteiger partial charge on any atom is 0.263 e. The molecular formula is C17H17ClN2O2S. The second-order valence-electron chi connectivity index (χ2n) is 5.56. The fourth-order valence-corrected chi connectivity index (χ4v) is 3.53. The number of nitrogens with one attached hydrogen (secondary N) is 1. The van der Waals surface area contributed by atoms with Crippen molar-refractivity contribution in [3.05, 3.63) is 51.7 Å². The highest BCUT2D eigenvalue weighted by Gasteiger charge is 2.29. The molecule has 3 rings (SSSR count). The minimum atomic E-state index is -0.177. The molecule has 6 heteroatoms. The van der Waals surface area contributed by atoms with Crippen molar-refractivity contribution in [1.29, 1.82) is 0 Å². The van der Waals surface area contributed by atoms with E-state index in [9.17, 15) is 9.59 Å². The Morgan fingerprint density at radius 3 is 2.70 bits per heavy atom. The first-order valence-electron chi connectivity index (χ1n) is 7.52. The summed E-state index contributed by atoms with van der Waals surface area (Å²) in [5.74, 6) is -0.205. The molecule has 1 atom stereocenters. The summed E-state index contributed by atoms with van der Waals surface area (Å²) in [6, 6.07) is 10.7. The van der Waals surface area contributed by atoms with Gasteiger partial charge >= 0.3 is 0 Å². The number of carbonyl (C=O) groups is 2. The van der Waals surface area contributed by atoms with Crippen molar-refractivity contribution in [2.45, 2.75) is 12.8 Å². The van der Waals surface area contributed by atoms with E-state index in [0.29, 0.717) is 18.1 Å². The van der Waals surface area contributed by atoms with Gasteiger partial charge in [0.15, 0.2) is 0 Å². The largest absolute Gasteiger partial charge is 0.337 e. The predicted molar refractivity (Wildman–Crippen MR) is 93.0 cm³/mol. The van der Waals surface area contributed by atoms with Crippen LogP contribution in [-0.2, 0) is 4.79 Å². The van der Waals surface area contributed by atoms with E-state index >= 15 is 0 Å². The zero-order valence-electron chi connectivity index (χ0n) is 12.5. The summed E-state index contributed by atoms with van der Waals surface area (Å²) in [4.78, 5) is 27.3. The molecule has 1 N–H and O–H groups in total. The third-order valence-electron chi connectivity index (χ3n) is 3.92. The van der Waals surface area contributed by atoms with E-state index in [1.54, 1.807) is 29.2 Å². The van der Waals surface area contributed by atoms with Crippen LogP contribution in [-0.4, -0.2) is 29.8 Å². The van der Waals surface area contributed by atoms with Crippen molar-refractivity contribution in [1.82, 2.24) is 4.90 Å². The number of amides is 2. The Morgan fingerprint density at radius 1 is 1.22 bits per heavy atom. The summed E-state index contributed by atoms with van der Waals surface area (Å²) in [5.41, 5.74) is 0.723. The van der Waals surface area contributed by atoms with E-state index in [-0.39, 0.29) is 17.7 Å². The number of piperidine rings is 1. The van der Waals surface area contributed by atoms with Crippen molar-refractivity contribution in [2.24, 2.45) is 5.92 Å². The van der Waals surface area contributed by atoms with Crippen LogP contribution >= 0.6 is 22.9 Å². The number of benzene rings is 1. The first-order chi connectivity index (χ1) is 11.1. The highest BCUT2D eigenvalue weighted by atomic mass is 35.5. The Labute approximate surface area is 144 Å². The molecular weight excluding hydrogens is 332 g/mol. The van der Waals surface area contributed by atoms with Crippen LogP contribution < -0.4 is 5.32 Å². The molecule has 120 valence electrons. The average molecular weight is 349 g/mol. The second kappa shape index (κ2) is 7.15. The summed E-state index contributed by atoms with van der Waals surface area (Å²) >= 11 is 7.28. The lowest BCUT2D eigenvalue weighted by Crippen LogP contribution is -2.43. The highest BCUT2D eigenvalue weighted by molar-refractivity contribution is 7.12. The van der Waals surface area contributed by atoms with E-state index in [4.69, 9.17) is 11.6 Å². The number of halogens is 1. The molecule has 2 heterocycles. The number of hydrogen-bond donors (Lipinski definition) is 1. The van der Waals surface area contributed by atoms with Crippen molar-refractivity contribution in [3.8, 4) is 0 Å². The number of hydrogen-bond acceptors (Lipinski definition) is 3. The molecule has 1 fully saturated rings. The fourth-order valence-electron chi connectivity index (χ4n) is 2.71. The van der Waals surface area contributed by atoms with Crippen molar-refractivity contribution in [2.75, 3.05) is 18.4 Å². The lowest BCUT2D eigenvalue weighted by Gasteiger charge is -2.31. The minimum Gasteiger partial charge on any atom is -0.337 e. The normalized spacial score (nSPS) is 17.8. The number of likely N-dealkylation sites (tertiary alicyclic amines) is 1. The number of rotatable bonds is 3. The SMILES string of the molecule is O=C(Nc1ccc(Cl)cc1)[C@@H]1CCCN(C(=O)c2cccs2)C1. The molecule has 2 aromatic rings. The molecule has 4 nitrogen and oxygen atoms in total. The molecule has 0 saturated carbocycles. The Kier molecular flexibility index (Phi) is 4.98. The topological polar surface area (TPSA) is 49.4 Å². The molecule has 1 aromatic heterocycles. The van der Waals surface area contributed by atoms with E-state index in [1.165, 1.54) is 11.3 Å². The minimum absolute atomic E-state index is 0.0176. The van der Waals surface area contributed by atoms with Crippen LogP contribution in [0.5, 0.6) is 0 Å². The molecule has 1 aliphatic rings. The summed E-state index contributed by atoms with van der Waals surface area (Å²) in [7, 11) is 0. The lowest BCUT2D eigenvalue weighted by molar-refractivity contribution is -0.121. The van der Waals surface area contributed by atoms with E-state index in [2.05, 4.69) is 5.32 Å². The molecule has 2 amide bonds. The van der Waals surface area contributed by atoms with Crippen LogP contribution in [0.2, 0.25) is 5.02 Å². The quantitative estimate of drug-likeness (QED) is 0.914. The highest BCUT2D eigenvalue weighted by Crippen LogP contribution is 2.22. The van der Waals surface area contributed by atoms with Gasteiger partial charge < -0.3 is 10.2 Å². The molecule has 0 radical (unpaired) electrons.